The summed E-state index contributed by atoms with van der Waals surface area (Å²) in [6.07, 6.45) is 10.5. The predicted octanol–water partition coefficient (Wildman–Crippen LogP) is 3.50. The maximum Gasteiger partial charge on any atom is 0.253 e. The molecule has 0 bridgehead atoms. The molecule has 1 aromatic carbocycles. The fourth-order valence-electron chi connectivity index (χ4n) is 5.09. The van der Waals surface area contributed by atoms with Gasteiger partial charge in [0, 0.05) is 42.8 Å². The standard InChI is InChI=1S/C24H26FN5O/c1-16-10-18(13-26-11-16)24(31)28-22-6-7-23-21(22)8-9-29(23)14-17-12-27-30(15-17)20-4-2-19(25)3-5-20/h2-5,10-13,15,21-23H,6-9,14H2,1H3,(H,28,31)/t21-,22-,23+/m0/s1. The zero-order valence-electron chi connectivity index (χ0n) is 17.5. The molecule has 0 spiro atoms. The molecule has 3 atom stereocenters. The molecule has 31 heavy (non-hydrogen) atoms. The lowest BCUT2D eigenvalue weighted by molar-refractivity contribution is 0.0926. The van der Waals surface area contributed by atoms with Gasteiger partial charge >= 0.3 is 0 Å². The number of likely N-dealkylation sites (tertiary alicyclic amines) is 1. The Hall–Kier alpha value is -3.06. The van der Waals surface area contributed by atoms with Gasteiger partial charge in [0.25, 0.3) is 5.91 Å². The third-order valence-corrected chi connectivity index (χ3v) is 6.57. The summed E-state index contributed by atoms with van der Waals surface area (Å²) in [7, 11) is 0. The van der Waals surface area contributed by atoms with E-state index in [1.165, 1.54) is 12.1 Å². The number of nitrogens with zero attached hydrogens (tertiary/aromatic N) is 4. The molecule has 1 saturated heterocycles. The number of amides is 1. The average molecular weight is 420 g/mol. The second-order valence-corrected chi connectivity index (χ2v) is 8.67. The molecule has 2 aromatic heterocycles. The molecule has 3 heterocycles. The molecule has 1 amide bonds. The van der Waals surface area contributed by atoms with Crippen LogP contribution in [0.4, 0.5) is 4.39 Å². The van der Waals surface area contributed by atoms with E-state index in [1.54, 1.807) is 29.2 Å². The molecule has 7 heteroatoms. The maximum atomic E-state index is 13.2. The largest absolute Gasteiger partial charge is 0.349 e. The van der Waals surface area contributed by atoms with E-state index in [-0.39, 0.29) is 17.8 Å². The first-order valence-electron chi connectivity index (χ1n) is 10.8. The van der Waals surface area contributed by atoms with Gasteiger partial charge in [0.1, 0.15) is 5.82 Å². The van der Waals surface area contributed by atoms with Crippen LogP contribution in [0.3, 0.4) is 0 Å². The summed E-state index contributed by atoms with van der Waals surface area (Å²) in [5.74, 6) is 0.204. The predicted molar refractivity (Wildman–Crippen MR) is 115 cm³/mol. The first kappa shape index (κ1) is 19.9. The van der Waals surface area contributed by atoms with Gasteiger partial charge in [-0.2, -0.15) is 5.10 Å². The minimum absolute atomic E-state index is 0.0270. The van der Waals surface area contributed by atoms with E-state index in [4.69, 9.17) is 0 Å². The fraction of sp³-hybridized carbons (Fsp3) is 0.375. The van der Waals surface area contributed by atoms with E-state index < -0.39 is 0 Å². The van der Waals surface area contributed by atoms with Crippen LogP contribution in [0.1, 0.15) is 40.7 Å². The van der Waals surface area contributed by atoms with Crippen molar-refractivity contribution in [3.8, 4) is 5.69 Å². The Kier molecular flexibility index (Phi) is 5.28. The Labute approximate surface area is 181 Å². The lowest BCUT2D eigenvalue weighted by Gasteiger charge is -2.24. The number of aryl methyl sites for hydroxylation is 1. The highest BCUT2D eigenvalue weighted by Gasteiger charge is 2.44. The van der Waals surface area contributed by atoms with Crippen molar-refractivity contribution in [1.29, 1.82) is 0 Å². The van der Waals surface area contributed by atoms with Crippen molar-refractivity contribution < 1.29 is 9.18 Å². The van der Waals surface area contributed by atoms with Gasteiger partial charge in [0.05, 0.1) is 17.4 Å². The Morgan fingerprint density at radius 1 is 1.16 bits per heavy atom. The van der Waals surface area contributed by atoms with Crippen LogP contribution in [0.2, 0.25) is 0 Å². The van der Waals surface area contributed by atoms with E-state index in [0.717, 1.165) is 49.2 Å². The minimum atomic E-state index is -0.249. The van der Waals surface area contributed by atoms with Crippen LogP contribution in [-0.4, -0.2) is 44.2 Å². The second-order valence-electron chi connectivity index (χ2n) is 8.67. The molecule has 5 rings (SSSR count). The van der Waals surface area contributed by atoms with Crippen molar-refractivity contribution >= 4 is 5.91 Å². The summed E-state index contributed by atoms with van der Waals surface area (Å²) in [6.45, 7) is 3.81. The Morgan fingerprint density at radius 3 is 2.81 bits per heavy atom. The summed E-state index contributed by atoms with van der Waals surface area (Å²) < 4.78 is 14.9. The molecular formula is C24H26FN5O. The smallest absolute Gasteiger partial charge is 0.253 e. The van der Waals surface area contributed by atoms with Gasteiger partial charge in [0.15, 0.2) is 0 Å². The number of carbonyl (C=O) groups is 1. The van der Waals surface area contributed by atoms with Crippen molar-refractivity contribution in [3.05, 3.63) is 77.6 Å². The van der Waals surface area contributed by atoms with Gasteiger partial charge < -0.3 is 5.32 Å². The summed E-state index contributed by atoms with van der Waals surface area (Å²) in [4.78, 5) is 19.3. The monoisotopic (exact) mass is 419 g/mol. The van der Waals surface area contributed by atoms with Crippen molar-refractivity contribution in [2.75, 3.05) is 6.54 Å². The number of hydrogen-bond acceptors (Lipinski definition) is 4. The summed E-state index contributed by atoms with van der Waals surface area (Å²) >= 11 is 0. The first-order valence-corrected chi connectivity index (χ1v) is 10.8. The van der Waals surface area contributed by atoms with Crippen LogP contribution < -0.4 is 5.32 Å². The van der Waals surface area contributed by atoms with E-state index >= 15 is 0 Å². The number of halogens is 1. The molecule has 160 valence electrons. The highest BCUT2D eigenvalue weighted by molar-refractivity contribution is 5.94. The number of aromatic nitrogens is 3. The number of rotatable bonds is 5. The number of carbonyl (C=O) groups excluding carboxylic acids is 1. The van der Waals surface area contributed by atoms with E-state index in [2.05, 4.69) is 20.3 Å². The number of fused-ring (bicyclic) bond motifs is 1. The molecule has 0 radical (unpaired) electrons. The topological polar surface area (TPSA) is 63.1 Å². The second kappa shape index (κ2) is 8.23. The molecule has 3 aromatic rings. The highest BCUT2D eigenvalue weighted by Crippen LogP contribution is 2.39. The van der Waals surface area contributed by atoms with Crippen LogP contribution in [-0.2, 0) is 6.54 Å². The number of pyridine rings is 1. The molecule has 1 N–H and O–H groups in total. The van der Waals surface area contributed by atoms with Crippen molar-refractivity contribution in [2.24, 2.45) is 5.92 Å². The van der Waals surface area contributed by atoms with E-state index in [0.29, 0.717) is 17.5 Å². The molecule has 1 aliphatic carbocycles. The number of nitrogens with one attached hydrogen (secondary N) is 1. The SMILES string of the molecule is Cc1cncc(C(=O)N[C@H]2CC[C@@H]3[C@H]2CCN3Cc2cnn(-c3ccc(F)cc3)c2)c1. The van der Waals surface area contributed by atoms with Crippen LogP contribution in [0.15, 0.2) is 55.1 Å². The van der Waals surface area contributed by atoms with Gasteiger partial charge in [-0.05, 0) is 74.5 Å². The third-order valence-electron chi connectivity index (χ3n) is 6.57. The molecule has 6 nitrogen and oxygen atoms in total. The Morgan fingerprint density at radius 2 is 2.00 bits per heavy atom. The van der Waals surface area contributed by atoms with Crippen LogP contribution in [0, 0.1) is 18.7 Å². The molecule has 0 unspecified atom stereocenters. The van der Waals surface area contributed by atoms with Crippen molar-refractivity contribution in [1.82, 2.24) is 25.0 Å². The van der Waals surface area contributed by atoms with Crippen LogP contribution in [0.5, 0.6) is 0 Å². The zero-order valence-corrected chi connectivity index (χ0v) is 17.5. The fourth-order valence-corrected chi connectivity index (χ4v) is 5.09. The third kappa shape index (κ3) is 4.10. The maximum absolute atomic E-state index is 13.2. The summed E-state index contributed by atoms with van der Waals surface area (Å²) in [6, 6.07) is 8.93. The summed E-state index contributed by atoms with van der Waals surface area (Å²) in [5.41, 5.74) is 3.61. The normalized spacial score (nSPS) is 23.1. The van der Waals surface area contributed by atoms with Crippen LogP contribution >= 0.6 is 0 Å². The van der Waals surface area contributed by atoms with Gasteiger partial charge in [-0.25, -0.2) is 9.07 Å². The molecule has 1 saturated carbocycles. The molecule has 2 fully saturated rings. The first-order chi connectivity index (χ1) is 15.1. The molecule has 2 aliphatic rings. The van der Waals surface area contributed by atoms with E-state index in [9.17, 15) is 9.18 Å². The van der Waals surface area contributed by atoms with E-state index in [1.807, 2.05) is 25.4 Å². The number of benzene rings is 1. The summed E-state index contributed by atoms with van der Waals surface area (Å²) in [5, 5.41) is 7.70. The van der Waals surface area contributed by atoms with Gasteiger partial charge in [0.2, 0.25) is 0 Å². The van der Waals surface area contributed by atoms with Crippen molar-refractivity contribution in [3.63, 3.8) is 0 Å². The van der Waals surface area contributed by atoms with Gasteiger partial charge in [-0.1, -0.05) is 0 Å². The number of hydrogen-bond donors (Lipinski definition) is 1. The zero-order chi connectivity index (χ0) is 21.4. The van der Waals surface area contributed by atoms with Gasteiger partial charge in [-0.15, -0.1) is 0 Å². The Bertz CT molecular complexity index is 1080. The lowest BCUT2D eigenvalue weighted by atomic mass is 9.99. The Balaban J connectivity index is 1.21. The quantitative estimate of drug-likeness (QED) is 0.688. The van der Waals surface area contributed by atoms with Crippen LogP contribution in [0.25, 0.3) is 5.69 Å². The van der Waals surface area contributed by atoms with Crippen molar-refractivity contribution in [2.45, 2.75) is 44.8 Å². The minimum Gasteiger partial charge on any atom is -0.349 e. The molecular weight excluding hydrogens is 393 g/mol. The lowest BCUT2D eigenvalue weighted by Crippen LogP contribution is -2.39. The van der Waals surface area contributed by atoms with Gasteiger partial charge in [-0.3, -0.25) is 14.7 Å². The molecule has 1 aliphatic heterocycles. The highest BCUT2D eigenvalue weighted by atomic mass is 19.1. The average Bonchev–Trinajstić information content (AvgIpc) is 3.48.